The Morgan fingerprint density at radius 3 is 2.62 bits per heavy atom. The number of methoxy groups -OCH3 is 1. The Balaban J connectivity index is 1.79. The second-order valence-electron chi connectivity index (χ2n) is 6.72. The third-order valence-corrected chi connectivity index (χ3v) is 5.16. The lowest BCUT2D eigenvalue weighted by Gasteiger charge is -2.12. The summed E-state index contributed by atoms with van der Waals surface area (Å²) in [6.45, 7) is 1.92. The fourth-order valence-corrected chi connectivity index (χ4v) is 3.34. The molecule has 4 aromatic rings. The molecule has 0 unspecified atom stereocenters. The molecule has 0 radical (unpaired) electrons. The molecular weight excluding hydrogens is 384 g/mol. The highest BCUT2D eigenvalue weighted by Crippen LogP contribution is 2.28. The molecule has 1 heterocycles. The predicted octanol–water partition coefficient (Wildman–Crippen LogP) is 6.12. The highest BCUT2D eigenvalue weighted by molar-refractivity contribution is 6.31. The number of carbonyl (C=O) groups excluding carboxylic acids is 1. The van der Waals surface area contributed by atoms with Gasteiger partial charge in [-0.15, -0.1) is 0 Å². The van der Waals surface area contributed by atoms with E-state index >= 15 is 0 Å². The lowest BCUT2D eigenvalue weighted by Crippen LogP contribution is -2.13. The average Bonchev–Trinajstić information content (AvgIpc) is 2.75. The molecule has 1 aromatic heterocycles. The highest BCUT2D eigenvalue weighted by atomic mass is 35.5. The number of ether oxygens (including phenoxy) is 1. The number of amides is 1. The molecule has 1 amide bonds. The highest BCUT2D eigenvalue weighted by Gasteiger charge is 2.15. The summed E-state index contributed by atoms with van der Waals surface area (Å²) in [5.41, 5.74) is 4.48. The van der Waals surface area contributed by atoms with Crippen molar-refractivity contribution >= 4 is 34.1 Å². The molecule has 0 aliphatic heterocycles. The van der Waals surface area contributed by atoms with Gasteiger partial charge in [-0.2, -0.15) is 0 Å². The van der Waals surface area contributed by atoms with Gasteiger partial charge in [0.25, 0.3) is 5.91 Å². The molecule has 144 valence electrons. The molecule has 3 aromatic carbocycles. The monoisotopic (exact) mass is 402 g/mol. The van der Waals surface area contributed by atoms with Crippen molar-refractivity contribution in [2.45, 2.75) is 6.92 Å². The maximum Gasteiger partial charge on any atom is 0.256 e. The van der Waals surface area contributed by atoms with E-state index < -0.39 is 0 Å². The van der Waals surface area contributed by atoms with Crippen LogP contribution in [0.3, 0.4) is 0 Å². The molecule has 29 heavy (non-hydrogen) atoms. The van der Waals surface area contributed by atoms with Crippen molar-refractivity contribution in [1.82, 2.24) is 4.98 Å². The van der Waals surface area contributed by atoms with E-state index in [9.17, 15) is 4.79 Å². The molecule has 0 atom stereocenters. The van der Waals surface area contributed by atoms with Gasteiger partial charge in [-0.1, -0.05) is 48.0 Å². The van der Waals surface area contributed by atoms with Crippen LogP contribution in [0.1, 0.15) is 15.9 Å². The van der Waals surface area contributed by atoms with Gasteiger partial charge in [-0.3, -0.25) is 4.79 Å². The maximum atomic E-state index is 13.1. The largest absolute Gasteiger partial charge is 0.497 e. The second kappa shape index (κ2) is 7.94. The van der Waals surface area contributed by atoms with Gasteiger partial charge >= 0.3 is 0 Å². The van der Waals surface area contributed by atoms with Gasteiger partial charge in [-0.25, -0.2) is 4.98 Å². The van der Waals surface area contributed by atoms with Crippen LogP contribution >= 0.6 is 11.6 Å². The number of nitrogens with zero attached hydrogens (tertiary/aromatic N) is 1. The predicted molar refractivity (Wildman–Crippen MR) is 118 cm³/mol. The number of carbonyl (C=O) groups is 1. The Morgan fingerprint density at radius 1 is 1.00 bits per heavy atom. The van der Waals surface area contributed by atoms with Crippen molar-refractivity contribution in [3.05, 3.63) is 88.9 Å². The van der Waals surface area contributed by atoms with Crippen LogP contribution in [0.25, 0.3) is 22.2 Å². The fourth-order valence-electron chi connectivity index (χ4n) is 3.16. The third kappa shape index (κ3) is 3.93. The number of hydrogen-bond donors (Lipinski definition) is 1. The Kier molecular flexibility index (Phi) is 5.19. The molecule has 4 nitrogen and oxygen atoms in total. The SMILES string of the molecule is COc1cccc(-c2cc(C(=O)Nc3ccc(C)c(Cl)c3)c3ccccc3n2)c1. The van der Waals surface area contributed by atoms with Crippen LogP contribution in [0.15, 0.2) is 72.8 Å². The number of nitrogens with one attached hydrogen (secondary N) is 1. The molecule has 0 aliphatic rings. The first-order valence-electron chi connectivity index (χ1n) is 9.17. The first-order valence-corrected chi connectivity index (χ1v) is 9.54. The maximum absolute atomic E-state index is 13.1. The molecule has 5 heteroatoms. The van der Waals surface area contributed by atoms with Crippen molar-refractivity contribution in [2.75, 3.05) is 12.4 Å². The number of halogens is 1. The summed E-state index contributed by atoms with van der Waals surface area (Å²) in [4.78, 5) is 17.9. The lowest BCUT2D eigenvalue weighted by atomic mass is 10.0. The summed E-state index contributed by atoms with van der Waals surface area (Å²) in [5.74, 6) is 0.519. The van der Waals surface area contributed by atoms with Gasteiger partial charge in [0.15, 0.2) is 0 Å². The molecule has 4 rings (SSSR count). The Bertz CT molecular complexity index is 1220. The topological polar surface area (TPSA) is 51.2 Å². The molecular formula is C24H19ClN2O2. The van der Waals surface area contributed by atoms with E-state index in [2.05, 4.69) is 5.32 Å². The van der Waals surface area contributed by atoms with E-state index in [1.54, 1.807) is 13.2 Å². The van der Waals surface area contributed by atoms with Crippen molar-refractivity contribution in [3.63, 3.8) is 0 Å². The number of aromatic nitrogens is 1. The number of pyridine rings is 1. The van der Waals surface area contributed by atoms with Crippen LogP contribution in [0.5, 0.6) is 5.75 Å². The number of anilines is 1. The minimum absolute atomic E-state index is 0.215. The molecule has 0 bridgehead atoms. The molecule has 0 spiro atoms. The van der Waals surface area contributed by atoms with Crippen molar-refractivity contribution in [1.29, 1.82) is 0 Å². The van der Waals surface area contributed by atoms with E-state index in [1.165, 1.54) is 0 Å². The summed E-state index contributed by atoms with van der Waals surface area (Å²) in [7, 11) is 1.62. The fraction of sp³-hybridized carbons (Fsp3) is 0.0833. The van der Waals surface area contributed by atoms with E-state index in [4.69, 9.17) is 21.3 Å². The van der Waals surface area contributed by atoms with Gasteiger partial charge in [0.05, 0.1) is 23.9 Å². The number of rotatable bonds is 4. The second-order valence-corrected chi connectivity index (χ2v) is 7.13. The number of benzene rings is 3. The first-order chi connectivity index (χ1) is 14.0. The van der Waals surface area contributed by atoms with Gasteiger partial charge in [0.2, 0.25) is 0 Å². The number of para-hydroxylation sites is 1. The van der Waals surface area contributed by atoms with Crippen LogP contribution in [0.2, 0.25) is 5.02 Å². The van der Waals surface area contributed by atoms with Crippen LogP contribution in [-0.2, 0) is 0 Å². The molecule has 1 N–H and O–H groups in total. The van der Waals surface area contributed by atoms with Crippen molar-refractivity contribution in [3.8, 4) is 17.0 Å². The van der Waals surface area contributed by atoms with E-state index in [0.717, 1.165) is 27.8 Å². The quantitative estimate of drug-likeness (QED) is 0.447. The van der Waals surface area contributed by atoms with Crippen LogP contribution in [0, 0.1) is 6.92 Å². The minimum Gasteiger partial charge on any atom is -0.497 e. The lowest BCUT2D eigenvalue weighted by molar-refractivity contribution is 0.102. The number of hydrogen-bond acceptors (Lipinski definition) is 3. The molecule has 0 fully saturated rings. The van der Waals surface area contributed by atoms with Gasteiger partial charge in [-0.05, 0) is 48.9 Å². The zero-order valence-corrected chi connectivity index (χ0v) is 16.8. The minimum atomic E-state index is -0.215. The normalized spacial score (nSPS) is 10.7. The Hall–Kier alpha value is -3.37. The number of aryl methyl sites for hydroxylation is 1. The zero-order valence-electron chi connectivity index (χ0n) is 16.1. The molecule has 0 saturated heterocycles. The van der Waals surface area contributed by atoms with E-state index in [-0.39, 0.29) is 5.91 Å². The third-order valence-electron chi connectivity index (χ3n) is 4.76. The van der Waals surface area contributed by atoms with Gasteiger partial charge < -0.3 is 10.1 Å². The van der Waals surface area contributed by atoms with E-state index in [1.807, 2.05) is 73.7 Å². The molecule has 0 aliphatic carbocycles. The van der Waals surface area contributed by atoms with Crippen LogP contribution < -0.4 is 10.1 Å². The van der Waals surface area contributed by atoms with Gasteiger partial charge in [0.1, 0.15) is 5.75 Å². The van der Waals surface area contributed by atoms with E-state index in [0.29, 0.717) is 22.0 Å². The Labute approximate surface area is 174 Å². The van der Waals surface area contributed by atoms with Crippen LogP contribution in [0.4, 0.5) is 5.69 Å². The molecule has 0 saturated carbocycles. The average molecular weight is 403 g/mol. The smallest absolute Gasteiger partial charge is 0.256 e. The summed E-state index contributed by atoms with van der Waals surface area (Å²) in [6, 6.07) is 22.5. The van der Waals surface area contributed by atoms with Crippen molar-refractivity contribution in [2.24, 2.45) is 0 Å². The number of fused-ring (bicyclic) bond motifs is 1. The van der Waals surface area contributed by atoms with Crippen LogP contribution in [-0.4, -0.2) is 18.0 Å². The summed E-state index contributed by atoms with van der Waals surface area (Å²) >= 11 is 6.20. The standard InChI is InChI=1S/C24H19ClN2O2/c1-15-10-11-17(13-21(15)25)26-24(28)20-14-23(16-6-5-7-18(12-16)29-2)27-22-9-4-3-8-19(20)22/h3-14H,1-2H3,(H,26,28). The van der Waals surface area contributed by atoms with Gasteiger partial charge in [0, 0.05) is 21.7 Å². The Morgan fingerprint density at radius 2 is 1.83 bits per heavy atom. The summed E-state index contributed by atoms with van der Waals surface area (Å²) in [5, 5.41) is 4.34. The summed E-state index contributed by atoms with van der Waals surface area (Å²) < 4.78 is 5.32. The first kappa shape index (κ1) is 19.0. The zero-order chi connectivity index (χ0) is 20.4. The van der Waals surface area contributed by atoms with Crippen molar-refractivity contribution < 1.29 is 9.53 Å². The summed E-state index contributed by atoms with van der Waals surface area (Å²) in [6.07, 6.45) is 0.